The number of halogens is 1. The van der Waals surface area contributed by atoms with Crippen LogP contribution in [0.4, 0.5) is 4.39 Å². The lowest BCUT2D eigenvalue weighted by molar-refractivity contribution is -0.145. The topological polar surface area (TPSA) is 46.6 Å². The Morgan fingerprint density at radius 3 is 2.58 bits per heavy atom. The van der Waals surface area contributed by atoms with Crippen molar-refractivity contribution in [3.05, 3.63) is 35.6 Å². The number of rotatable bonds is 6. The van der Waals surface area contributed by atoms with Gasteiger partial charge in [-0.1, -0.05) is 18.2 Å². The van der Waals surface area contributed by atoms with E-state index in [2.05, 4.69) is 0 Å². The van der Waals surface area contributed by atoms with E-state index in [1.54, 1.807) is 32.2 Å². The smallest absolute Gasteiger partial charge is 0.306 e. The summed E-state index contributed by atoms with van der Waals surface area (Å²) in [6.07, 6.45) is 0.123. The Labute approximate surface area is 112 Å². The van der Waals surface area contributed by atoms with Crippen LogP contribution in [0.5, 0.6) is 0 Å². The van der Waals surface area contributed by atoms with Crippen LogP contribution in [-0.4, -0.2) is 30.4 Å². The highest BCUT2D eigenvalue weighted by Gasteiger charge is 2.13. The van der Waals surface area contributed by atoms with Gasteiger partial charge >= 0.3 is 5.97 Å². The van der Waals surface area contributed by atoms with Crippen LogP contribution < -0.4 is 0 Å². The number of esters is 1. The van der Waals surface area contributed by atoms with Crippen molar-refractivity contribution in [1.29, 1.82) is 0 Å². The van der Waals surface area contributed by atoms with Crippen LogP contribution in [0.25, 0.3) is 0 Å². The fourth-order valence-electron chi connectivity index (χ4n) is 1.60. The number of hydrogen-bond donors (Lipinski definition) is 0. The summed E-state index contributed by atoms with van der Waals surface area (Å²) in [5.41, 5.74) is 0.453. The maximum atomic E-state index is 13.4. The number of ether oxygens (including phenoxy) is 1. The van der Waals surface area contributed by atoms with Gasteiger partial charge in [0.1, 0.15) is 5.82 Å². The van der Waals surface area contributed by atoms with Gasteiger partial charge < -0.3 is 9.64 Å². The molecule has 0 saturated heterocycles. The Morgan fingerprint density at radius 2 is 1.95 bits per heavy atom. The van der Waals surface area contributed by atoms with Crippen molar-refractivity contribution in [1.82, 2.24) is 4.90 Å². The Kier molecular flexibility index (Phi) is 5.99. The first-order valence-corrected chi connectivity index (χ1v) is 6.17. The molecule has 0 heterocycles. The SMILES string of the molecule is CCOC(=O)CCC(=O)N(C)Cc1ccccc1F. The molecule has 0 unspecified atom stereocenters. The van der Waals surface area contributed by atoms with Gasteiger partial charge in [-0.15, -0.1) is 0 Å². The Morgan fingerprint density at radius 1 is 1.26 bits per heavy atom. The van der Waals surface area contributed by atoms with Gasteiger partial charge in [0, 0.05) is 25.6 Å². The summed E-state index contributed by atoms with van der Waals surface area (Å²) < 4.78 is 18.2. The Bertz CT molecular complexity index is 448. The van der Waals surface area contributed by atoms with E-state index < -0.39 is 5.97 Å². The van der Waals surface area contributed by atoms with Gasteiger partial charge in [-0.05, 0) is 13.0 Å². The molecular formula is C14H18FNO3. The van der Waals surface area contributed by atoms with Crippen molar-refractivity contribution in [2.45, 2.75) is 26.3 Å². The molecule has 0 aliphatic rings. The summed E-state index contributed by atoms with van der Waals surface area (Å²) in [6.45, 7) is 2.20. The quantitative estimate of drug-likeness (QED) is 0.742. The van der Waals surface area contributed by atoms with Gasteiger partial charge in [0.25, 0.3) is 0 Å². The van der Waals surface area contributed by atoms with Crippen LogP contribution in [0.2, 0.25) is 0 Å². The molecule has 1 rings (SSSR count). The molecule has 0 fully saturated rings. The van der Waals surface area contributed by atoms with Crippen LogP contribution in [0.1, 0.15) is 25.3 Å². The molecule has 0 spiro atoms. The van der Waals surface area contributed by atoms with Crippen molar-refractivity contribution >= 4 is 11.9 Å². The van der Waals surface area contributed by atoms with Crippen molar-refractivity contribution in [2.24, 2.45) is 0 Å². The first-order chi connectivity index (χ1) is 9.04. The first kappa shape index (κ1) is 15.1. The van der Waals surface area contributed by atoms with E-state index in [0.717, 1.165) is 0 Å². The monoisotopic (exact) mass is 267 g/mol. The predicted molar refractivity (Wildman–Crippen MR) is 68.7 cm³/mol. The van der Waals surface area contributed by atoms with E-state index in [-0.39, 0.29) is 31.1 Å². The van der Waals surface area contributed by atoms with Crippen LogP contribution in [0.15, 0.2) is 24.3 Å². The second kappa shape index (κ2) is 7.51. The molecule has 1 amide bonds. The van der Waals surface area contributed by atoms with Crippen LogP contribution in [0, 0.1) is 5.82 Å². The number of carbonyl (C=O) groups is 2. The zero-order chi connectivity index (χ0) is 14.3. The average molecular weight is 267 g/mol. The molecule has 5 heteroatoms. The predicted octanol–water partition coefficient (Wildman–Crippen LogP) is 2.13. The molecule has 0 bridgehead atoms. The molecule has 4 nitrogen and oxygen atoms in total. The fourth-order valence-corrected chi connectivity index (χ4v) is 1.60. The third-order valence-electron chi connectivity index (χ3n) is 2.64. The number of hydrogen-bond acceptors (Lipinski definition) is 3. The number of carbonyl (C=O) groups excluding carboxylic acids is 2. The van der Waals surface area contributed by atoms with Gasteiger partial charge in [0.2, 0.25) is 5.91 Å². The van der Waals surface area contributed by atoms with Gasteiger partial charge in [-0.3, -0.25) is 9.59 Å². The summed E-state index contributed by atoms with van der Waals surface area (Å²) in [5.74, 6) is -0.945. The van der Waals surface area contributed by atoms with Crippen LogP contribution >= 0.6 is 0 Å². The van der Waals surface area contributed by atoms with Gasteiger partial charge in [-0.2, -0.15) is 0 Å². The lowest BCUT2D eigenvalue weighted by Crippen LogP contribution is -2.27. The highest BCUT2D eigenvalue weighted by atomic mass is 19.1. The standard InChI is InChI=1S/C14H18FNO3/c1-3-19-14(18)9-8-13(17)16(2)10-11-6-4-5-7-12(11)15/h4-7H,3,8-10H2,1-2H3. The molecule has 1 aromatic rings. The summed E-state index contributed by atoms with van der Waals surface area (Å²) in [7, 11) is 1.58. The summed E-state index contributed by atoms with van der Waals surface area (Å²) >= 11 is 0. The molecule has 0 atom stereocenters. The fraction of sp³-hybridized carbons (Fsp3) is 0.429. The normalized spacial score (nSPS) is 10.1. The molecule has 104 valence electrons. The second-order valence-corrected chi connectivity index (χ2v) is 4.15. The van der Waals surface area contributed by atoms with Crippen molar-refractivity contribution in [2.75, 3.05) is 13.7 Å². The zero-order valence-corrected chi connectivity index (χ0v) is 11.2. The lowest BCUT2D eigenvalue weighted by Gasteiger charge is -2.17. The highest BCUT2D eigenvalue weighted by molar-refractivity contribution is 5.81. The average Bonchev–Trinajstić information content (AvgIpc) is 2.39. The minimum atomic E-state index is -0.393. The van der Waals surface area contributed by atoms with E-state index in [4.69, 9.17) is 4.74 Å². The van der Waals surface area contributed by atoms with E-state index in [0.29, 0.717) is 12.2 Å². The van der Waals surface area contributed by atoms with E-state index in [9.17, 15) is 14.0 Å². The molecule has 0 aliphatic heterocycles. The summed E-state index contributed by atoms with van der Waals surface area (Å²) in [6, 6.07) is 6.30. The third-order valence-corrected chi connectivity index (χ3v) is 2.64. The highest BCUT2D eigenvalue weighted by Crippen LogP contribution is 2.10. The molecule has 0 saturated carbocycles. The maximum absolute atomic E-state index is 13.4. The van der Waals surface area contributed by atoms with E-state index >= 15 is 0 Å². The molecule has 0 aliphatic carbocycles. The van der Waals surface area contributed by atoms with Crippen LogP contribution in [0.3, 0.4) is 0 Å². The minimum absolute atomic E-state index is 0.0499. The van der Waals surface area contributed by atoms with Gasteiger partial charge in [0.15, 0.2) is 0 Å². The van der Waals surface area contributed by atoms with Crippen molar-refractivity contribution in [3.8, 4) is 0 Å². The molecule has 0 N–H and O–H groups in total. The molecule has 0 aromatic heterocycles. The number of nitrogens with zero attached hydrogens (tertiary/aromatic N) is 1. The van der Waals surface area contributed by atoms with E-state index in [1.807, 2.05) is 0 Å². The molecule has 0 radical (unpaired) electrons. The van der Waals surface area contributed by atoms with E-state index in [1.165, 1.54) is 11.0 Å². The second-order valence-electron chi connectivity index (χ2n) is 4.15. The number of benzene rings is 1. The van der Waals surface area contributed by atoms with Crippen molar-refractivity contribution < 1.29 is 18.7 Å². The van der Waals surface area contributed by atoms with Crippen molar-refractivity contribution in [3.63, 3.8) is 0 Å². The maximum Gasteiger partial charge on any atom is 0.306 e. The molecule has 1 aromatic carbocycles. The Balaban J connectivity index is 2.45. The number of amides is 1. The summed E-state index contributed by atoms with van der Waals surface area (Å²) in [4.78, 5) is 24.3. The van der Waals surface area contributed by atoms with Gasteiger partial charge in [0.05, 0.1) is 13.0 Å². The Hall–Kier alpha value is -1.91. The van der Waals surface area contributed by atoms with Gasteiger partial charge in [-0.25, -0.2) is 4.39 Å². The largest absolute Gasteiger partial charge is 0.466 e. The minimum Gasteiger partial charge on any atom is -0.466 e. The lowest BCUT2D eigenvalue weighted by atomic mass is 10.2. The zero-order valence-electron chi connectivity index (χ0n) is 11.2. The summed E-state index contributed by atoms with van der Waals surface area (Å²) in [5, 5.41) is 0. The van der Waals surface area contributed by atoms with Crippen LogP contribution in [-0.2, 0) is 20.9 Å². The molecule has 19 heavy (non-hydrogen) atoms. The first-order valence-electron chi connectivity index (χ1n) is 6.17. The third kappa shape index (κ3) is 5.07. The molecular weight excluding hydrogens is 249 g/mol.